The van der Waals surface area contributed by atoms with Crippen LogP contribution in [0.3, 0.4) is 0 Å². The first-order valence-corrected chi connectivity index (χ1v) is 11.0. The normalized spacial score (nSPS) is 12.2. The number of rotatable bonds is 15. The van der Waals surface area contributed by atoms with Gasteiger partial charge in [-0.3, -0.25) is 4.79 Å². The molecule has 0 bridgehead atoms. The number of phenols is 2. The molecule has 0 aromatic heterocycles. The van der Waals surface area contributed by atoms with Crippen molar-refractivity contribution in [2.45, 2.75) is 90.6 Å². The summed E-state index contributed by atoms with van der Waals surface area (Å²) >= 11 is 0. The van der Waals surface area contributed by atoms with Crippen LogP contribution in [-0.2, 0) is 16.0 Å². The van der Waals surface area contributed by atoms with Crippen molar-refractivity contribution >= 4 is 11.9 Å². The number of allylic oxidation sites excluding steroid dienone is 1. The lowest BCUT2D eigenvalue weighted by molar-refractivity contribution is -0.144. The summed E-state index contributed by atoms with van der Waals surface area (Å²) in [6, 6.07) is 2.46. The van der Waals surface area contributed by atoms with Crippen molar-refractivity contribution in [1.82, 2.24) is 0 Å². The standard InChI is InChI=1S/C24H36O6/c1-3-4-10-14-21(30-18(2)25)15-12-9-7-5-6-8-11-13-19-16-20(26)17-22(27)23(19)24(28)29/h12,15-17,21,26-27H,3-11,13-14H2,1-2H3,(H,28,29)/b15-12+. The number of aryl methyl sites for hydroxylation is 1. The number of ether oxygens (including phenoxy) is 1. The second kappa shape index (κ2) is 14.5. The summed E-state index contributed by atoms with van der Waals surface area (Å²) in [6.45, 7) is 3.59. The first-order chi connectivity index (χ1) is 14.3. The number of carbonyl (C=O) groups is 2. The van der Waals surface area contributed by atoms with E-state index < -0.39 is 11.7 Å². The summed E-state index contributed by atoms with van der Waals surface area (Å²) in [4.78, 5) is 22.5. The third kappa shape index (κ3) is 10.3. The molecule has 3 N–H and O–H groups in total. The highest BCUT2D eigenvalue weighted by Crippen LogP contribution is 2.28. The number of aromatic carboxylic acids is 1. The average Bonchev–Trinajstić information content (AvgIpc) is 2.65. The number of hydrogen-bond acceptors (Lipinski definition) is 5. The molecule has 0 radical (unpaired) electrons. The largest absolute Gasteiger partial charge is 0.508 e. The number of aromatic hydroxyl groups is 2. The molecule has 0 spiro atoms. The Labute approximate surface area is 179 Å². The van der Waals surface area contributed by atoms with Gasteiger partial charge in [0.15, 0.2) is 0 Å². The van der Waals surface area contributed by atoms with Crippen LogP contribution < -0.4 is 0 Å². The van der Waals surface area contributed by atoms with Crippen LogP contribution >= 0.6 is 0 Å². The quantitative estimate of drug-likeness (QED) is 0.190. The van der Waals surface area contributed by atoms with Gasteiger partial charge in [-0.15, -0.1) is 0 Å². The van der Waals surface area contributed by atoms with Gasteiger partial charge in [0, 0.05) is 13.0 Å². The molecule has 1 aromatic rings. The first-order valence-electron chi connectivity index (χ1n) is 11.0. The fraction of sp³-hybridized carbons (Fsp3) is 0.583. The van der Waals surface area contributed by atoms with E-state index >= 15 is 0 Å². The van der Waals surface area contributed by atoms with E-state index in [-0.39, 0.29) is 23.4 Å². The smallest absolute Gasteiger partial charge is 0.339 e. The monoisotopic (exact) mass is 420 g/mol. The Morgan fingerprint density at radius 2 is 1.73 bits per heavy atom. The highest BCUT2D eigenvalue weighted by Gasteiger charge is 2.16. The molecule has 0 fully saturated rings. The van der Waals surface area contributed by atoms with Gasteiger partial charge in [0.05, 0.1) is 0 Å². The second-order valence-electron chi connectivity index (χ2n) is 7.68. The van der Waals surface area contributed by atoms with Crippen molar-refractivity contribution in [3.05, 3.63) is 35.4 Å². The topological polar surface area (TPSA) is 104 Å². The molecule has 1 atom stereocenters. The van der Waals surface area contributed by atoms with Gasteiger partial charge in [0.2, 0.25) is 0 Å². The van der Waals surface area contributed by atoms with Gasteiger partial charge in [-0.05, 0) is 56.2 Å². The van der Waals surface area contributed by atoms with Gasteiger partial charge in [-0.2, -0.15) is 0 Å². The van der Waals surface area contributed by atoms with Crippen LogP contribution in [0.5, 0.6) is 11.5 Å². The molecule has 30 heavy (non-hydrogen) atoms. The molecule has 6 nitrogen and oxygen atoms in total. The van der Waals surface area contributed by atoms with E-state index in [1.54, 1.807) is 0 Å². The van der Waals surface area contributed by atoms with Gasteiger partial charge < -0.3 is 20.1 Å². The van der Waals surface area contributed by atoms with Gasteiger partial charge in [-0.1, -0.05) is 45.1 Å². The molecule has 6 heteroatoms. The van der Waals surface area contributed by atoms with Crippen LogP contribution in [0.2, 0.25) is 0 Å². The molecule has 0 amide bonds. The third-order valence-electron chi connectivity index (χ3n) is 4.98. The van der Waals surface area contributed by atoms with Gasteiger partial charge in [-0.25, -0.2) is 4.79 Å². The van der Waals surface area contributed by atoms with E-state index in [4.69, 9.17) is 4.74 Å². The predicted octanol–water partition coefficient (Wildman–Crippen LogP) is 5.75. The van der Waals surface area contributed by atoms with E-state index in [0.717, 1.165) is 70.3 Å². The molecular weight excluding hydrogens is 384 g/mol. The number of carbonyl (C=O) groups excluding carboxylic acids is 1. The average molecular weight is 421 g/mol. The first kappa shape index (κ1) is 25.5. The van der Waals surface area contributed by atoms with Crippen LogP contribution in [0.25, 0.3) is 0 Å². The summed E-state index contributed by atoms with van der Waals surface area (Å²) in [7, 11) is 0. The van der Waals surface area contributed by atoms with E-state index in [1.165, 1.54) is 13.0 Å². The lowest BCUT2D eigenvalue weighted by atomic mass is 9.99. The van der Waals surface area contributed by atoms with Crippen LogP contribution in [0.4, 0.5) is 0 Å². The van der Waals surface area contributed by atoms with E-state index in [9.17, 15) is 24.9 Å². The third-order valence-corrected chi connectivity index (χ3v) is 4.98. The number of carboxylic acids is 1. The van der Waals surface area contributed by atoms with Crippen molar-refractivity contribution in [2.24, 2.45) is 0 Å². The van der Waals surface area contributed by atoms with Crippen LogP contribution in [0.1, 0.15) is 94.0 Å². The maximum Gasteiger partial charge on any atom is 0.339 e. The lowest BCUT2D eigenvalue weighted by Gasteiger charge is -2.12. The predicted molar refractivity (Wildman–Crippen MR) is 117 cm³/mol. The molecule has 0 saturated carbocycles. The molecule has 1 aromatic carbocycles. The highest BCUT2D eigenvalue weighted by molar-refractivity contribution is 5.92. The molecule has 1 unspecified atom stereocenters. The zero-order valence-electron chi connectivity index (χ0n) is 18.2. The van der Waals surface area contributed by atoms with Gasteiger partial charge >= 0.3 is 11.9 Å². The second-order valence-corrected chi connectivity index (χ2v) is 7.68. The van der Waals surface area contributed by atoms with E-state index in [0.29, 0.717) is 12.0 Å². The Balaban J connectivity index is 2.28. The van der Waals surface area contributed by atoms with Crippen molar-refractivity contribution in [3.8, 4) is 11.5 Å². The van der Waals surface area contributed by atoms with Crippen molar-refractivity contribution in [2.75, 3.05) is 0 Å². The lowest BCUT2D eigenvalue weighted by Crippen LogP contribution is -2.13. The van der Waals surface area contributed by atoms with Gasteiger partial charge in [0.25, 0.3) is 0 Å². The fourth-order valence-corrected chi connectivity index (χ4v) is 3.47. The van der Waals surface area contributed by atoms with Crippen LogP contribution in [0.15, 0.2) is 24.3 Å². The molecule has 0 aliphatic heterocycles. The molecule has 0 saturated heterocycles. The summed E-state index contributed by atoms with van der Waals surface area (Å²) in [5.41, 5.74) is 0.335. The molecule has 0 aliphatic rings. The van der Waals surface area contributed by atoms with Crippen molar-refractivity contribution in [3.63, 3.8) is 0 Å². The minimum atomic E-state index is -1.18. The number of phenolic OH excluding ortho intramolecular Hbond substituents is 1. The molecule has 0 heterocycles. The van der Waals surface area contributed by atoms with Crippen LogP contribution in [-0.4, -0.2) is 33.4 Å². The Hall–Kier alpha value is -2.50. The van der Waals surface area contributed by atoms with E-state index in [2.05, 4.69) is 13.0 Å². The Kier molecular flexibility index (Phi) is 12.3. The summed E-state index contributed by atoms with van der Waals surface area (Å²) < 4.78 is 5.34. The maximum atomic E-state index is 11.3. The maximum absolute atomic E-state index is 11.3. The van der Waals surface area contributed by atoms with Gasteiger partial charge in [0.1, 0.15) is 23.2 Å². The number of hydrogen-bond donors (Lipinski definition) is 3. The summed E-state index contributed by atoms with van der Waals surface area (Å²) in [5.74, 6) is -1.95. The number of carboxylic acid groups (broad SMARTS) is 1. The number of unbranched alkanes of at least 4 members (excludes halogenated alkanes) is 7. The molecule has 0 aliphatic carbocycles. The fourth-order valence-electron chi connectivity index (χ4n) is 3.47. The van der Waals surface area contributed by atoms with Crippen LogP contribution in [0, 0.1) is 0 Å². The molecule has 1 rings (SSSR count). The Bertz CT molecular complexity index is 695. The van der Waals surface area contributed by atoms with E-state index in [1.807, 2.05) is 6.08 Å². The molecular formula is C24H36O6. The highest BCUT2D eigenvalue weighted by atomic mass is 16.5. The minimum Gasteiger partial charge on any atom is -0.508 e. The van der Waals surface area contributed by atoms with Crippen molar-refractivity contribution in [1.29, 1.82) is 0 Å². The number of benzene rings is 1. The summed E-state index contributed by atoms with van der Waals surface area (Å²) in [5, 5.41) is 28.6. The Morgan fingerprint density at radius 3 is 2.40 bits per heavy atom. The SMILES string of the molecule is CCCCCC(/C=C/CCCCCCCc1cc(O)cc(O)c1C(=O)O)OC(C)=O. The number of esters is 1. The zero-order chi connectivity index (χ0) is 22.4. The summed E-state index contributed by atoms with van der Waals surface area (Å²) in [6.07, 6.45) is 14.5. The van der Waals surface area contributed by atoms with Crippen molar-refractivity contribution < 1.29 is 29.6 Å². The zero-order valence-corrected chi connectivity index (χ0v) is 18.2. The molecule has 168 valence electrons. The minimum absolute atomic E-state index is 0.124. The Morgan fingerprint density at radius 1 is 1.03 bits per heavy atom.